The number of halogens is 1. The molecule has 0 saturated heterocycles. The molecule has 2 nitrogen and oxygen atoms in total. The van der Waals surface area contributed by atoms with Gasteiger partial charge in [0, 0.05) is 16.7 Å². The highest BCUT2D eigenvalue weighted by molar-refractivity contribution is 8.00. The van der Waals surface area contributed by atoms with E-state index in [1.807, 2.05) is 18.0 Å². The van der Waals surface area contributed by atoms with E-state index in [0.29, 0.717) is 23.2 Å². The highest BCUT2D eigenvalue weighted by Crippen LogP contribution is 2.29. The molecule has 0 aliphatic heterocycles. The van der Waals surface area contributed by atoms with Gasteiger partial charge in [0.25, 0.3) is 0 Å². The maximum Gasteiger partial charge on any atom is 0.148 e. The fourth-order valence-corrected chi connectivity index (χ4v) is 4.26. The highest BCUT2D eigenvalue weighted by atomic mass is 32.2. The van der Waals surface area contributed by atoms with Gasteiger partial charge in [-0.1, -0.05) is 47.5 Å². The van der Waals surface area contributed by atoms with Crippen LogP contribution >= 0.6 is 11.8 Å². The van der Waals surface area contributed by atoms with E-state index < -0.39 is 0 Å². The molecule has 4 atom stereocenters. The molecule has 0 bridgehead atoms. The molecule has 0 heterocycles. The van der Waals surface area contributed by atoms with Gasteiger partial charge in [-0.3, -0.25) is 4.99 Å². The molecule has 0 radical (unpaired) electrons. The van der Waals surface area contributed by atoms with Crippen molar-refractivity contribution in [1.82, 2.24) is 0 Å². The molecule has 148 valence electrons. The number of thioether (sulfide) groups is 1. The second-order valence-corrected chi connectivity index (χ2v) is 9.66. The monoisotopic (exact) mass is 373 g/mol. The van der Waals surface area contributed by atoms with Crippen LogP contribution in [0.25, 0.3) is 0 Å². The predicted molar refractivity (Wildman–Crippen MR) is 111 cm³/mol. The zero-order valence-corrected chi connectivity index (χ0v) is 17.9. The number of hydrogen-bond acceptors (Lipinski definition) is 3. The molecule has 1 fully saturated rings. The van der Waals surface area contributed by atoms with Crippen molar-refractivity contribution in [3.63, 3.8) is 0 Å². The molecule has 4 heteroatoms. The highest BCUT2D eigenvalue weighted by Gasteiger charge is 2.22. The van der Waals surface area contributed by atoms with Gasteiger partial charge in [-0.25, -0.2) is 4.39 Å². The molecule has 0 amide bonds. The Kier molecular flexibility index (Phi) is 12.1. The van der Waals surface area contributed by atoms with Crippen LogP contribution in [-0.4, -0.2) is 35.7 Å². The Morgan fingerprint density at radius 1 is 1.16 bits per heavy atom. The summed E-state index contributed by atoms with van der Waals surface area (Å²) in [4.78, 5) is 4.64. The van der Waals surface area contributed by atoms with E-state index in [1.165, 1.54) is 25.7 Å². The van der Waals surface area contributed by atoms with Crippen molar-refractivity contribution in [2.24, 2.45) is 16.8 Å². The predicted octanol–water partition coefficient (Wildman–Crippen LogP) is 6.67. The number of ether oxygens (including phenoxy) is 1. The Bertz CT molecular complexity index is 360. The summed E-state index contributed by atoms with van der Waals surface area (Å²) < 4.78 is 19.4. The molecule has 0 aromatic heterocycles. The third-order valence-corrected chi connectivity index (χ3v) is 6.84. The Morgan fingerprint density at radius 2 is 1.84 bits per heavy atom. The average Bonchev–Trinajstić information content (AvgIpc) is 2.56. The molecule has 1 rings (SSSR count). The summed E-state index contributed by atoms with van der Waals surface area (Å²) in [6, 6.07) is 0. The quantitative estimate of drug-likeness (QED) is 0.250. The van der Waals surface area contributed by atoms with Crippen molar-refractivity contribution in [3.8, 4) is 0 Å². The van der Waals surface area contributed by atoms with Gasteiger partial charge in [0.1, 0.15) is 12.9 Å². The number of rotatable bonds is 14. The van der Waals surface area contributed by atoms with Crippen LogP contribution in [0.1, 0.15) is 86.0 Å². The smallest absolute Gasteiger partial charge is 0.148 e. The van der Waals surface area contributed by atoms with Gasteiger partial charge in [-0.2, -0.15) is 11.8 Å². The lowest BCUT2D eigenvalue weighted by molar-refractivity contribution is -0.0508. The molecule has 1 saturated carbocycles. The number of aliphatic imine (C=N–C) groups is 1. The summed E-state index contributed by atoms with van der Waals surface area (Å²) in [6.07, 6.45) is 11.3. The van der Waals surface area contributed by atoms with E-state index >= 15 is 0 Å². The van der Waals surface area contributed by atoms with Crippen molar-refractivity contribution < 1.29 is 9.13 Å². The minimum Gasteiger partial charge on any atom is -0.353 e. The maximum atomic E-state index is 13.3. The lowest BCUT2D eigenvalue weighted by atomic mass is 9.96. The SMILES string of the molecule is CC[C@@H](C)[C@H](C)S[C@H](CF)CCCC[C@H](N=CC(C)C)OC1CCC1. The molecule has 1 aliphatic rings. The number of unbranched alkanes of at least 4 members (excludes halogenated alkanes) is 1. The van der Waals surface area contributed by atoms with Crippen LogP contribution in [0.15, 0.2) is 4.99 Å². The molecule has 0 aromatic rings. The normalized spacial score (nSPS) is 20.6. The maximum absolute atomic E-state index is 13.3. The molecule has 0 N–H and O–H groups in total. The third kappa shape index (κ3) is 9.98. The van der Waals surface area contributed by atoms with Crippen LogP contribution in [-0.2, 0) is 4.74 Å². The molecule has 25 heavy (non-hydrogen) atoms. The van der Waals surface area contributed by atoms with E-state index in [1.54, 1.807) is 0 Å². The van der Waals surface area contributed by atoms with Crippen molar-refractivity contribution in [2.75, 3.05) is 6.67 Å². The minimum absolute atomic E-state index is 0.00298. The van der Waals surface area contributed by atoms with Crippen molar-refractivity contribution in [1.29, 1.82) is 0 Å². The van der Waals surface area contributed by atoms with Gasteiger partial charge in [0.2, 0.25) is 0 Å². The first-order chi connectivity index (χ1) is 12.0. The summed E-state index contributed by atoms with van der Waals surface area (Å²) in [6.45, 7) is 10.8. The molecule has 0 aromatic carbocycles. The second-order valence-electron chi connectivity index (χ2n) is 7.97. The molecular formula is C21H40FNOS. The molecular weight excluding hydrogens is 333 g/mol. The Labute approximate surface area is 159 Å². The summed E-state index contributed by atoms with van der Waals surface area (Å²) in [5.74, 6) is 1.12. The second kappa shape index (κ2) is 13.1. The zero-order chi connectivity index (χ0) is 18.7. The van der Waals surface area contributed by atoms with Crippen LogP contribution in [0.3, 0.4) is 0 Å². The van der Waals surface area contributed by atoms with Gasteiger partial charge < -0.3 is 4.74 Å². The Morgan fingerprint density at radius 3 is 2.36 bits per heavy atom. The van der Waals surface area contributed by atoms with Gasteiger partial charge in [0.15, 0.2) is 0 Å². The Balaban J connectivity index is 2.30. The number of alkyl halides is 1. The summed E-state index contributed by atoms with van der Waals surface area (Å²) in [7, 11) is 0. The van der Waals surface area contributed by atoms with E-state index in [4.69, 9.17) is 4.74 Å². The summed E-state index contributed by atoms with van der Waals surface area (Å²) >= 11 is 1.84. The largest absolute Gasteiger partial charge is 0.353 e. The van der Waals surface area contributed by atoms with Crippen molar-refractivity contribution >= 4 is 18.0 Å². The van der Waals surface area contributed by atoms with Crippen LogP contribution in [0.4, 0.5) is 4.39 Å². The van der Waals surface area contributed by atoms with Gasteiger partial charge in [-0.15, -0.1) is 0 Å². The third-order valence-electron chi connectivity index (χ3n) is 5.20. The van der Waals surface area contributed by atoms with Crippen molar-refractivity contribution in [3.05, 3.63) is 0 Å². The fourth-order valence-electron chi connectivity index (χ4n) is 2.82. The van der Waals surface area contributed by atoms with Crippen molar-refractivity contribution in [2.45, 2.75) is 109 Å². The fraction of sp³-hybridized carbons (Fsp3) is 0.952. The standard InChI is InChI=1S/C21H40FNOS/c1-6-17(4)18(5)25-20(14-22)12-7-8-13-21(23-15-16(2)3)24-19-10-9-11-19/h15-21H,6-14H2,1-5H3/t17-,18+,20+,21-/m1/s1. The van der Waals surface area contributed by atoms with Gasteiger partial charge in [0.05, 0.1) is 6.10 Å². The average molecular weight is 374 g/mol. The van der Waals surface area contributed by atoms with Gasteiger partial charge >= 0.3 is 0 Å². The van der Waals surface area contributed by atoms with E-state index in [2.05, 4.69) is 39.6 Å². The van der Waals surface area contributed by atoms with Crippen LogP contribution < -0.4 is 0 Å². The van der Waals surface area contributed by atoms with E-state index in [0.717, 1.165) is 25.7 Å². The van der Waals surface area contributed by atoms with E-state index in [-0.39, 0.29) is 18.2 Å². The summed E-state index contributed by atoms with van der Waals surface area (Å²) in [5.41, 5.74) is 0. The van der Waals surface area contributed by atoms with Crippen LogP contribution in [0.2, 0.25) is 0 Å². The molecule has 0 spiro atoms. The number of hydrogen-bond donors (Lipinski definition) is 0. The number of nitrogens with zero attached hydrogens (tertiary/aromatic N) is 1. The van der Waals surface area contributed by atoms with Crippen LogP contribution in [0, 0.1) is 11.8 Å². The minimum atomic E-state index is -0.209. The molecule has 0 unspecified atom stereocenters. The first-order valence-corrected chi connectivity index (χ1v) is 11.3. The molecule has 1 aliphatic carbocycles. The first kappa shape index (κ1) is 23.0. The lowest BCUT2D eigenvalue weighted by Gasteiger charge is -2.29. The summed E-state index contributed by atoms with van der Waals surface area (Å²) in [5, 5.41) is 0.685. The topological polar surface area (TPSA) is 21.6 Å². The first-order valence-electron chi connectivity index (χ1n) is 10.4. The Hall–Kier alpha value is -0.0900. The zero-order valence-electron chi connectivity index (χ0n) is 17.0. The van der Waals surface area contributed by atoms with Gasteiger partial charge in [-0.05, 0) is 50.4 Å². The van der Waals surface area contributed by atoms with Crippen LogP contribution in [0.5, 0.6) is 0 Å². The lowest BCUT2D eigenvalue weighted by Crippen LogP contribution is -2.27. The van der Waals surface area contributed by atoms with E-state index in [9.17, 15) is 4.39 Å².